The van der Waals surface area contributed by atoms with Gasteiger partial charge in [0.2, 0.25) is 5.91 Å². The van der Waals surface area contributed by atoms with Gasteiger partial charge < -0.3 is 15.4 Å². The third kappa shape index (κ3) is 6.88. The van der Waals surface area contributed by atoms with Crippen LogP contribution in [0.25, 0.3) is 0 Å². The minimum atomic E-state index is -0.287. The van der Waals surface area contributed by atoms with Gasteiger partial charge in [-0.25, -0.2) is 0 Å². The van der Waals surface area contributed by atoms with E-state index in [1.807, 2.05) is 13.0 Å². The Bertz CT molecular complexity index is 529. The monoisotopic (exact) mass is 306 g/mol. The zero-order chi connectivity index (χ0) is 16.4. The standard InChI is InChI=1S/C16H22N2O4/c1-3-22-15(20)8-5-9-17-14(19)11-18-16(21)13-7-4-6-12(2)10-13/h4,6-7,10H,3,5,8-9,11H2,1-2H3,(H,17,19)(H,18,21). The van der Waals surface area contributed by atoms with E-state index in [1.54, 1.807) is 25.1 Å². The summed E-state index contributed by atoms with van der Waals surface area (Å²) in [4.78, 5) is 34.5. The van der Waals surface area contributed by atoms with Crippen LogP contribution in [0.1, 0.15) is 35.7 Å². The minimum Gasteiger partial charge on any atom is -0.466 e. The van der Waals surface area contributed by atoms with Crippen LogP contribution in [0.4, 0.5) is 0 Å². The molecule has 0 atom stereocenters. The highest BCUT2D eigenvalue weighted by molar-refractivity contribution is 5.96. The van der Waals surface area contributed by atoms with Gasteiger partial charge in [0.1, 0.15) is 0 Å². The molecular weight excluding hydrogens is 284 g/mol. The molecule has 0 heterocycles. The molecule has 6 nitrogen and oxygen atoms in total. The summed E-state index contributed by atoms with van der Waals surface area (Å²) >= 11 is 0. The van der Waals surface area contributed by atoms with Crippen molar-refractivity contribution >= 4 is 17.8 Å². The summed E-state index contributed by atoms with van der Waals surface area (Å²) in [6.07, 6.45) is 0.778. The number of aryl methyl sites for hydroxylation is 1. The van der Waals surface area contributed by atoms with E-state index in [2.05, 4.69) is 10.6 Å². The number of esters is 1. The third-order valence-electron chi connectivity index (χ3n) is 2.87. The fourth-order valence-electron chi connectivity index (χ4n) is 1.81. The highest BCUT2D eigenvalue weighted by atomic mass is 16.5. The lowest BCUT2D eigenvalue weighted by molar-refractivity contribution is -0.143. The molecule has 22 heavy (non-hydrogen) atoms. The second-order valence-electron chi connectivity index (χ2n) is 4.81. The van der Waals surface area contributed by atoms with Gasteiger partial charge in [0, 0.05) is 18.5 Å². The van der Waals surface area contributed by atoms with Crippen LogP contribution >= 0.6 is 0 Å². The molecule has 2 amide bonds. The first-order valence-corrected chi connectivity index (χ1v) is 7.30. The number of carbonyl (C=O) groups is 3. The van der Waals surface area contributed by atoms with Crippen LogP contribution in [0, 0.1) is 6.92 Å². The van der Waals surface area contributed by atoms with Crippen molar-refractivity contribution in [3.05, 3.63) is 35.4 Å². The zero-order valence-electron chi connectivity index (χ0n) is 13.0. The molecule has 0 saturated heterocycles. The van der Waals surface area contributed by atoms with E-state index in [0.717, 1.165) is 5.56 Å². The van der Waals surface area contributed by atoms with Crippen LogP contribution in [-0.4, -0.2) is 37.5 Å². The summed E-state index contributed by atoms with van der Waals surface area (Å²) < 4.78 is 4.78. The van der Waals surface area contributed by atoms with Crippen molar-refractivity contribution in [2.24, 2.45) is 0 Å². The smallest absolute Gasteiger partial charge is 0.305 e. The first-order valence-electron chi connectivity index (χ1n) is 7.30. The fourth-order valence-corrected chi connectivity index (χ4v) is 1.81. The lowest BCUT2D eigenvalue weighted by Gasteiger charge is -2.07. The molecule has 0 aliphatic carbocycles. The molecule has 0 spiro atoms. The Kier molecular flexibility index (Phi) is 7.67. The first kappa shape index (κ1) is 17.7. The van der Waals surface area contributed by atoms with Crippen molar-refractivity contribution in [1.82, 2.24) is 10.6 Å². The molecular formula is C16H22N2O4. The van der Waals surface area contributed by atoms with Gasteiger partial charge >= 0.3 is 5.97 Å². The largest absolute Gasteiger partial charge is 0.466 e. The zero-order valence-corrected chi connectivity index (χ0v) is 13.0. The summed E-state index contributed by atoms with van der Waals surface area (Å²) in [5.41, 5.74) is 1.51. The highest BCUT2D eigenvalue weighted by Gasteiger charge is 2.08. The number of rotatable bonds is 8. The van der Waals surface area contributed by atoms with Gasteiger partial charge in [0.15, 0.2) is 0 Å². The van der Waals surface area contributed by atoms with Crippen LogP contribution in [0.15, 0.2) is 24.3 Å². The number of amides is 2. The van der Waals surface area contributed by atoms with Gasteiger partial charge in [-0.05, 0) is 32.4 Å². The summed E-state index contributed by atoms with van der Waals surface area (Å²) in [5, 5.41) is 5.19. The van der Waals surface area contributed by atoms with Crippen LogP contribution in [0.3, 0.4) is 0 Å². The first-order chi connectivity index (χ1) is 10.5. The average molecular weight is 306 g/mol. The molecule has 1 aromatic rings. The number of ether oxygens (including phenoxy) is 1. The van der Waals surface area contributed by atoms with Crippen molar-refractivity contribution in [2.75, 3.05) is 19.7 Å². The van der Waals surface area contributed by atoms with E-state index in [1.165, 1.54) is 0 Å². The Morgan fingerprint density at radius 3 is 2.64 bits per heavy atom. The average Bonchev–Trinajstić information content (AvgIpc) is 2.49. The Hall–Kier alpha value is -2.37. The molecule has 0 aliphatic rings. The lowest BCUT2D eigenvalue weighted by Crippen LogP contribution is -2.37. The van der Waals surface area contributed by atoms with Crippen LogP contribution < -0.4 is 10.6 Å². The van der Waals surface area contributed by atoms with Gasteiger partial charge in [0.25, 0.3) is 5.91 Å². The van der Waals surface area contributed by atoms with E-state index in [4.69, 9.17) is 4.74 Å². The number of nitrogens with one attached hydrogen (secondary N) is 2. The topological polar surface area (TPSA) is 84.5 Å². The normalized spacial score (nSPS) is 9.91. The van der Waals surface area contributed by atoms with Crippen LogP contribution in [0.2, 0.25) is 0 Å². The molecule has 0 radical (unpaired) electrons. The van der Waals surface area contributed by atoms with Gasteiger partial charge in [0.05, 0.1) is 13.2 Å². The van der Waals surface area contributed by atoms with Crippen molar-refractivity contribution in [1.29, 1.82) is 0 Å². The maximum absolute atomic E-state index is 11.8. The molecule has 2 N–H and O–H groups in total. The van der Waals surface area contributed by atoms with Crippen molar-refractivity contribution in [3.63, 3.8) is 0 Å². The van der Waals surface area contributed by atoms with Gasteiger partial charge in [-0.2, -0.15) is 0 Å². The predicted octanol–water partition coefficient (Wildman–Crippen LogP) is 1.18. The molecule has 1 rings (SSSR count). The Morgan fingerprint density at radius 1 is 1.18 bits per heavy atom. The van der Waals surface area contributed by atoms with Crippen LogP contribution in [-0.2, 0) is 14.3 Å². The highest BCUT2D eigenvalue weighted by Crippen LogP contribution is 2.03. The lowest BCUT2D eigenvalue weighted by atomic mass is 10.1. The summed E-state index contributed by atoms with van der Waals surface area (Å²) in [7, 11) is 0. The maximum atomic E-state index is 11.8. The Labute approximate surface area is 130 Å². The van der Waals surface area contributed by atoms with E-state index in [-0.39, 0.29) is 30.7 Å². The van der Waals surface area contributed by atoms with E-state index in [0.29, 0.717) is 25.1 Å². The van der Waals surface area contributed by atoms with Gasteiger partial charge in [-0.1, -0.05) is 17.7 Å². The van der Waals surface area contributed by atoms with Gasteiger partial charge in [-0.15, -0.1) is 0 Å². The predicted molar refractivity (Wildman–Crippen MR) is 82.4 cm³/mol. The van der Waals surface area contributed by atoms with Crippen molar-refractivity contribution < 1.29 is 19.1 Å². The van der Waals surface area contributed by atoms with Crippen LogP contribution in [0.5, 0.6) is 0 Å². The number of hydrogen-bond acceptors (Lipinski definition) is 4. The van der Waals surface area contributed by atoms with E-state index in [9.17, 15) is 14.4 Å². The second kappa shape index (κ2) is 9.55. The molecule has 0 aliphatic heterocycles. The SMILES string of the molecule is CCOC(=O)CCCNC(=O)CNC(=O)c1cccc(C)c1. The van der Waals surface area contributed by atoms with E-state index < -0.39 is 0 Å². The minimum absolute atomic E-state index is 0.0911. The third-order valence-corrected chi connectivity index (χ3v) is 2.87. The maximum Gasteiger partial charge on any atom is 0.305 e. The number of hydrogen-bond donors (Lipinski definition) is 2. The van der Waals surface area contributed by atoms with Crippen molar-refractivity contribution in [2.45, 2.75) is 26.7 Å². The summed E-state index contributed by atoms with van der Waals surface area (Å²) in [6, 6.07) is 7.14. The molecule has 0 unspecified atom stereocenters. The molecule has 6 heteroatoms. The fraction of sp³-hybridized carbons (Fsp3) is 0.438. The molecule has 0 saturated carbocycles. The molecule has 0 bridgehead atoms. The van der Waals surface area contributed by atoms with E-state index >= 15 is 0 Å². The second-order valence-corrected chi connectivity index (χ2v) is 4.81. The quantitative estimate of drug-likeness (QED) is 0.558. The van der Waals surface area contributed by atoms with Crippen molar-refractivity contribution in [3.8, 4) is 0 Å². The Balaban J connectivity index is 2.20. The number of benzene rings is 1. The molecule has 1 aromatic carbocycles. The Morgan fingerprint density at radius 2 is 1.95 bits per heavy atom. The van der Waals surface area contributed by atoms with Gasteiger partial charge in [-0.3, -0.25) is 14.4 Å². The summed E-state index contributed by atoms with van der Waals surface area (Å²) in [6.45, 7) is 4.28. The molecule has 0 aromatic heterocycles. The molecule has 0 fully saturated rings. The number of carbonyl (C=O) groups excluding carboxylic acids is 3. The summed E-state index contributed by atoms with van der Waals surface area (Å²) in [5.74, 6) is -0.847. The molecule has 120 valence electrons.